The van der Waals surface area contributed by atoms with E-state index in [1.165, 1.54) is 7.05 Å². The number of hydrogen-bond donors (Lipinski definition) is 2. The monoisotopic (exact) mass is 214 g/mol. The third-order valence-corrected chi connectivity index (χ3v) is 2.35. The lowest BCUT2D eigenvalue weighted by atomic mass is 10.2. The molecule has 0 spiro atoms. The molecule has 0 radical (unpaired) electrons. The molecule has 0 aromatic carbocycles. The van der Waals surface area contributed by atoms with Gasteiger partial charge in [-0.05, 0) is 6.92 Å². The van der Waals surface area contributed by atoms with Crippen molar-refractivity contribution in [3.63, 3.8) is 0 Å². The van der Waals surface area contributed by atoms with Crippen molar-refractivity contribution in [1.82, 2.24) is 10.2 Å². The van der Waals surface area contributed by atoms with Gasteiger partial charge >= 0.3 is 5.97 Å². The Bertz CT molecular complexity index is 302. The second-order valence-corrected chi connectivity index (χ2v) is 3.71. The molecule has 1 aliphatic heterocycles. The van der Waals surface area contributed by atoms with Crippen LogP contribution < -0.4 is 5.32 Å². The molecule has 1 saturated heterocycles. The van der Waals surface area contributed by atoms with E-state index < -0.39 is 12.0 Å². The third kappa shape index (κ3) is 2.76. The van der Waals surface area contributed by atoms with Gasteiger partial charge in [0.2, 0.25) is 11.8 Å². The van der Waals surface area contributed by atoms with Crippen LogP contribution in [0.1, 0.15) is 19.8 Å². The van der Waals surface area contributed by atoms with Crippen LogP contribution in [0.4, 0.5) is 0 Å². The molecule has 1 heterocycles. The highest BCUT2D eigenvalue weighted by molar-refractivity contribution is 6.05. The van der Waals surface area contributed by atoms with Crippen LogP contribution in [-0.4, -0.2) is 46.9 Å². The summed E-state index contributed by atoms with van der Waals surface area (Å²) in [4.78, 5) is 34.0. The fourth-order valence-corrected chi connectivity index (χ4v) is 1.55. The van der Waals surface area contributed by atoms with Gasteiger partial charge in [0.05, 0.1) is 18.9 Å². The molecule has 1 fully saturated rings. The molecular weight excluding hydrogens is 200 g/mol. The van der Waals surface area contributed by atoms with Crippen molar-refractivity contribution in [3.05, 3.63) is 0 Å². The zero-order chi connectivity index (χ0) is 11.6. The Hall–Kier alpha value is -1.43. The van der Waals surface area contributed by atoms with Crippen molar-refractivity contribution < 1.29 is 19.5 Å². The number of likely N-dealkylation sites (tertiary alicyclic amines) is 1. The number of imide groups is 1. The van der Waals surface area contributed by atoms with Crippen LogP contribution in [0.3, 0.4) is 0 Å². The zero-order valence-electron chi connectivity index (χ0n) is 8.69. The van der Waals surface area contributed by atoms with Gasteiger partial charge in [-0.2, -0.15) is 0 Å². The molecule has 6 nitrogen and oxygen atoms in total. The van der Waals surface area contributed by atoms with Crippen LogP contribution in [0.25, 0.3) is 0 Å². The van der Waals surface area contributed by atoms with Crippen LogP contribution in [0.2, 0.25) is 0 Å². The van der Waals surface area contributed by atoms with Crippen LogP contribution >= 0.6 is 0 Å². The van der Waals surface area contributed by atoms with E-state index in [1.807, 2.05) is 0 Å². The normalized spacial score (nSPS) is 23.3. The van der Waals surface area contributed by atoms with Gasteiger partial charge in [-0.15, -0.1) is 0 Å². The van der Waals surface area contributed by atoms with E-state index in [9.17, 15) is 14.4 Å². The predicted octanol–water partition coefficient (Wildman–Crippen LogP) is -0.803. The maximum atomic E-state index is 11.4. The Kier molecular flexibility index (Phi) is 3.41. The quantitative estimate of drug-likeness (QED) is 0.598. The van der Waals surface area contributed by atoms with Gasteiger partial charge in [-0.1, -0.05) is 0 Å². The smallest absolute Gasteiger partial charge is 0.304 e. The summed E-state index contributed by atoms with van der Waals surface area (Å²) in [5.74, 6) is -1.46. The molecule has 0 saturated carbocycles. The average molecular weight is 214 g/mol. The molecule has 2 amide bonds. The summed E-state index contributed by atoms with van der Waals surface area (Å²) in [7, 11) is 1.42. The molecule has 0 aliphatic carbocycles. The molecule has 0 bridgehead atoms. The number of amides is 2. The molecule has 2 atom stereocenters. The van der Waals surface area contributed by atoms with Crippen LogP contribution in [0.5, 0.6) is 0 Å². The summed E-state index contributed by atoms with van der Waals surface area (Å²) in [6.07, 6.45) is 0.0426. The number of nitrogens with zero attached hydrogens (tertiary/aromatic N) is 1. The van der Waals surface area contributed by atoms with E-state index in [4.69, 9.17) is 5.11 Å². The minimum absolute atomic E-state index is 0.0678. The van der Waals surface area contributed by atoms with Gasteiger partial charge in [-0.25, -0.2) is 0 Å². The number of carboxylic acids is 1. The van der Waals surface area contributed by atoms with Crippen LogP contribution in [0, 0.1) is 0 Å². The minimum Gasteiger partial charge on any atom is -0.481 e. The van der Waals surface area contributed by atoms with Gasteiger partial charge in [-0.3, -0.25) is 19.3 Å². The molecular formula is C9H14N2O4. The number of aliphatic carboxylic acids is 1. The van der Waals surface area contributed by atoms with Crippen molar-refractivity contribution in [2.45, 2.75) is 31.8 Å². The van der Waals surface area contributed by atoms with E-state index in [-0.39, 0.29) is 30.7 Å². The maximum absolute atomic E-state index is 11.4. The van der Waals surface area contributed by atoms with Crippen molar-refractivity contribution >= 4 is 17.8 Å². The Balaban J connectivity index is 2.50. The molecule has 1 aliphatic rings. The highest BCUT2D eigenvalue weighted by atomic mass is 16.4. The minimum atomic E-state index is -0.930. The van der Waals surface area contributed by atoms with E-state index in [2.05, 4.69) is 5.32 Å². The van der Waals surface area contributed by atoms with Crippen LogP contribution in [-0.2, 0) is 14.4 Å². The molecule has 0 aromatic rings. The van der Waals surface area contributed by atoms with Crippen molar-refractivity contribution in [3.8, 4) is 0 Å². The first-order chi connectivity index (χ1) is 6.91. The molecule has 84 valence electrons. The number of likely N-dealkylation sites (N-methyl/N-ethyl adjacent to an activating group) is 1. The van der Waals surface area contributed by atoms with Gasteiger partial charge in [0.25, 0.3) is 0 Å². The van der Waals surface area contributed by atoms with E-state index in [0.717, 1.165) is 4.90 Å². The lowest BCUT2D eigenvalue weighted by Gasteiger charge is -2.15. The maximum Gasteiger partial charge on any atom is 0.304 e. The number of nitrogens with one attached hydrogen (secondary N) is 1. The fraction of sp³-hybridized carbons (Fsp3) is 0.667. The topological polar surface area (TPSA) is 86.7 Å². The summed E-state index contributed by atoms with van der Waals surface area (Å²) < 4.78 is 0. The van der Waals surface area contributed by atoms with Gasteiger partial charge in [0.1, 0.15) is 0 Å². The number of carboxylic acid groups (broad SMARTS) is 1. The van der Waals surface area contributed by atoms with Crippen molar-refractivity contribution in [2.24, 2.45) is 0 Å². The summed E-state index contributed by atoms with van der Waals surface area (Å²) in [6.45, 7) is 1.67. The summed E-state index contributed by atoms with van der Waals surface area (Å²) in [5, 5.41) is 11.4. The highest BCUT2D eigenvalue weighted by Crippen LogP contribution is 2.11. The predicted molar refractivity (Wildman–Crippen MR) is 51.0 cm³/mol. The van der Waals surface area contributed by atoms with Gasteiger partial charge < -0.3 is 10.4 Å². The lowest BCUT2D eigenvalue weighted by molar-refractivity contribution is -0.139. The number of hydrogen-bond acceptors (Lipinski definition) is 4. The van der Waals surface area contributed by atoms with Crippen molar-refractivity contribution in [2.75, 3.05) is 7.05 Å². The van der Waals surface area contributed by atoms with E-state index in [0.29, 0.717) is 0 Å². The highest BCUT2D eigenvalue weighted by Gasteiger charge is 2.36. The molecule has 2 unspecified atom stereocenters. The number of carbonyl (C=O) groups is 3. The Labute approximate surface area is 87.2 Å². The summed E-state index contributed by atoms with van der Waals surface area (Å²) in [6, 6.07) is -0.896. The van der Waals surface area contributed by atoms with Crippen LogP contribution in [0.15, 0.2) is 0 Å². The molecule has 2 N–H and O–H groups in total. The number of carbonyl (C=O) groups excluding carboxylic acids is 2. The molecule has 1 rings (SSSR count). The molecule has 15 heavy (non-hydrogen) atoms. The first-order valence-corrected chi connectivity index (χ1v) is 4.70. The zero-order valence-corrected chi connectivity index (χ0v) is 8.69. The lowest BCUT2D eigenvalue weighted by Crippen LogP contribution is -2.42. The Morgan fingerprint density at radius 2 is 2.27 bits per heavy atom. The SMILES string of the molecule is CC(CC(=O)O)NC1CC(=O)N(C)C1=O. The van der Waals surface area contributed by atoms with E-state index >= 15 is 0 Å². The standard InChI is InChI=1S/C9H14N2O4/c1-5(3-8(13)14)10-6-4-7(12)11(2)9(6)15/h5-6,10H,3-4H2,1-2H3,(H,13,14). The first-order valence-electron chi connectivity index (χ1n) is 4.70. The van der Waals surface area contributed by atoms with Crippen molar-refractivity contribution in [1.29, 1.82) is 0 Å². The Morgan fingerprint density at radius 3 is 2.67 bits per heavy atom. The first kappa shape index (κ1) is 11.6. The Morgan fingerprint density at radius 1 is 1.67 bits per heavy atom. The largest absolute Gasteiger partial charge is 0.481 e. The van der Waals surface area contributed by atoms with Gasteiger partial charge in [0, 0.05) is 13.1 Å². The second-order valence-electron chi connectivity index (χ2n) is 3.71. The third-order valence-electron chi connectivity index (χ3n) is 2.35. The summed E-state index contributed by atoms with van der Waals surface area (Å²) in [5.41, 5.74) is 0. The fourth-order valence-electron chi connectivity index (χ4n) is 1.55. The average Bonchev–Trinajstić information content (AvgIpc) is 2.32. The summed E-state index contributed by atoms with van der Waals surface area (Å²) >= 11 is 0. The van der Waals surface area contributed by atoms with Gasteiger partial charge in [0.15, 0.2) is 0 Å². The second kappa shape index (κ2) is 4.39. The molecule has 6 heteroatoms. The molecule has 0 aromatic heterocycles. The van der Waals surface area contributed by atoms with E-state index in [1.54, 1.807) is 6.92 Å². The number of rotatable bonds is 4.